The quantitative estimate of drug-likeness (QED) is 0.814. The molecule has 0 amide bonds. The first-order valence-corrected chi connectivity index (χ1v) is 8.12. The van der Waals surface area contributed by atoms with Crippen molar-refractivity contribution in [2.45, 2.75) is 31.4 Å². The molecule has 1 fully saturated rings. The summed E-state index contributed by atoms with van der Waals surface area (Å²) in [5.74, 6) is 1.05. The number of hydrogen-bond donors (Lipinski definition) is 2. The molecule has 1 aliphatic heterocycles. The Bertz CT molecular complexity index is 456. The number of nitrogens with zero attached hydrogens (tertiary/aromatic N) is 1. The molecule has 7 heteroatoms. The van der Waals surface area contributed by atoms with Crippen molar-refractivity contribution in [2.24, 2.45) is 0 Å². The number of nitrogens with one attached hydrogen (secondary N) is 1. The van der Waals surface area contributed by atoms with E-state index in [1.807, 2.05) is 11.8 Å². The van der Waals surface area contributed by atoms with Crippen LogP contribution in [0.15, 0.2) is 0 Å². The van der Waals surface area contributed by atoms with Gasteiger partial charge >= 0.3 is 5.97 Å². The van der Waals surface area contributed by atoms with Gasteiger partial charge in [0, 0.05) is 11.3 Å². The van der Waals surface area contributed by atoms with Crippen LogP contribution in [0, 0.1) is 0 Å². The van der Waals surface area contributed by atoms with E-state index in [9.17, 15) is 4.79 Å². The number of rotatable bonds is 5. The minimum atomic E-state index is -0.402. The van der Waals surface area contributed by atoms with Gasteiger partial charge in [-0.3, -0.25) is 0 Å². The molecule has 0 spiro atoms. The predicted molar refractivity (Wildman–Crippen MR) is 81.1 cm³/mol. The van der Waals surface area contributed by atoms with E-state index in [0.717, 1.165) is 6.54 Å². The molecule has 2 rings (SSSR count). The van der Waals surface area contributed by atoms with E-state index in [4.69, 9.17) is 10.5 Å². The van der Waals surface area contributed by atoms with E-state index in [1.54, 1.807) is 6.92 Å². The van der Waals surface area contributed by atoms with Gasteiger partial charge in [-0.2, -0.15) is 16.1 Å². The Hall–Kier alpha value is -0.950. The summed E-state index contributed by atoms with van der Waals surface area (Å²) in [7, 11) is 0. The fourth-order valence-corrected chi connectivity index (χ4v) is 4.01. The van der Waals surface area contributed by atoms with Gasteiger partial charge in [-0.1, -0.05) is 0 Å². The number of carbonyl (C=O) groups is 1. The summed E-state index contributed by atoms with van der Waals surface area (Å²) in [5.41, 5.74) is 6.12. The van der Waals surface area contributed by atoms with Crippen LogP contribution in [0.2, 0.25) is 0 Å². The molecular weight excluding hydrogens is 282 g/mol. The molecule has 3 N–H and O–H groups in total. The summed E-state index contributed by atoms with van der Waals surface area (Å²) in [6.45, 7) is 5.16. The summed E-state index contributed by atoms with van der Waals surface area (Å²) in [4.78, 5) is 11.8. The molecule has 19 heavy (non-hydrogen) atoms. The van der Waals surface area contributed by atoms with E-state index >= 15 is 0 Å². The monoisotopic (exact) mass is 301 g/mol. The van der Waals surface area contributed by atoms with Crippen molar-refractivity contribution in [1.29, 1.82) is 0 Å². The summed E-state index contributed by atoms with van der Waals surface area (Å²) in [6, 6.07) is 0. The number of nitrogen functional groups attached to an aromatic ring is 1. The largest absolute Gasteiger partial charge is 0.462 e. The number of thioether (sulfide) groups is 1. The highest BCUT2D eigenvalue weighted by Gasteiger charge is 2.30. The summed E-state index contributed by atoms with van der Waals surface area (Å²) >= 11 is 3.19. The number of nitrogens with two attached hydrogens (primary N) is 1. The molecule has 106 valence electrons. The predicted octanol–water partition coefficient (Wildman–Crippen LogP) is 2.60. The average molecular weight is 301 g/mol. The second-order valence-electron chi connectivity index (χ2n) is 4.75. The molecule has 1 aromatic heterocycles. The van der Waals surface area contributed by atoms with Crippen LogP contribution in [0.5, 0.6) is 0 Å². The highest BCUT2D eigenvalue weighted by molar-refractivity contribution is 8.00. The molecule has 0 bridgehead atoms. The zero-order valence-electron chi connectivity index (χ0n) is 11.2. The van der Waals surface area contributed by atoms with Crippen LogP contribution in [-0.2, 0) is 4.74 Å². The van der Waals surface area contributed by atoms with Crippen molar-refractivity contribution in [1.82, 2.24) is 4.37 Å². The summed E-state index contributed by atoms with van der Waals surface area (Å²) < 4.78 is 9.27. The maximum Gasteiger partial charge on any atom is 0.344 e. The number of ether oxygens (including phenoxy) is 1. The van der Waals surface area contributed by atoms with Crippen LogP contribution in [0.4, 0.5) is 10.8 Å². The molecule has 1 aromatic rings. The second-order valence-corrected chi connectivity index (χ2v) is 7.20. The molecule has 1 saturated heterocycles. The van der Waals surface area contributed by atoms with Gasteiger partial charge in [0.1, 0.15) is 10.6 Å². The van der Waals surface area contributed by atoms with Crippen LogP contribution in [0.1, 0.15) is 37.0 Å². The Labute approximate surface area is 121 Å². The maximum atomic E-state index is 11.8. The zero-order chi connectivity index (χ0) is 13.9. The maximum absolute atomic E-state index is 11.8. The fraction of sp³-hybridized carbons (Fsp3) is 0.667. The Morgan fingerprint density at radius 3 is 3.05 bits per heavy atom. The van der Waals surface area contributed by atoms with Crippen molar-refractivity contribution < 1.29 is 9.53 Å². The third kappa shape index (κ3) is 3.33. The van der Waals surface area contributed by atoms with Crippen LogP contribution in [-0.4, -0.2) is 34.0 Å². The molecule has 0 aliphatic carbocycles. The van der Waals surface area contributed by atoms with Gasteiger partial charge in [-0.25, -0.2) is 4.79 Å². The van der Waals surface area contributed by atoms with Crippen molar-refractivity contribution >= 4 is 40.1 Å². The molecule has 1 unspecified atom stereocenters. The molecule has 0 radical (unpaired) electrons. The normalized spacial score (nSPS) is 22.4. The topological polar surface area (TPSA) is 77.2 Å². The molecule has 2 heterocycles. The molecule has 0 aromatic carbocycles. The van der Waals surface area contributed by atoms with Gasteiger partial charge in [-0.15, -0.1) is 0 Å². The number of hydrogen-bond acceptors (Lipinski definition) is 7. The Balaban J connectivity index is 2.06. The van der Waals surface area contributed by atoms with E-state index in [-0.39, 0.29) is 10.6 Å². The first-order valence-electron chi connectivity index (χ1n) is 6.36. The Kier molecular flexibility index (Phi) is 4.57. The summed E-state index contributed by atoms with van der Waals surface area (Å²) in [6.07, 6.45) is 2.44. The van der Waals surface area contributed by atoms with Crippen molar-refractivity contribution in [3.63, 3.8) is 0 Å². The molecule has 1 aliphatic rings. The minimum absolute atomic E-state index is 0.227. The fourth-order valence-electron chi connectivity index (χ4n) is 2.07. The van der Waals surface area contributed by atoms with Crippen LogP contribution in [0.25, 0.3) is 0 Å². The lowest BCUT2D eigenvalue weighted by Gasteiger charge is -2.23. The van der Waals surface area contributed by atoms with Gasteiger partial charge in [0.15, 0.2) is 5.82 Å². The van der Waals surface area contributed by atoms with Crippen molar-refractivity contribution in [3.05, 3.63) is 5.56 Å². The Morgan fingerprint density at radius 2 is 2.42 bits per heavy atom. The smallest absolute Gasteiger partial charge is 0.344 e. The minimum Gasteiger partial charge on any atom is -0.462 e. The van der Waals surface area contributed by atoms with E-state index in [2.05, 4.69) is 16.6 Å². The van der Waals surface area contributed by atoms with Crippen molar-refractivity contribution in [3.8, 4) is 0 Å². The lowest BCUT2D eigenvalue weighted by Crippen LogP contribution is -2.27. The highest BCUT2D eigenvalue weighted by Crippen LogP contribution is 2.38. The first kappa shape index (κ1) is 14.5. The Morgan fingerprint density at radius 1 is 1.63 bits per heavy atom. The van der Waals surface area contributed by atoms with Gasteiger partial charge in [0.25, 0.3) is 0 Å². The lowest BCUT2D eigenvalue weighted by atomic mass is 10.1. The first-order chi connectivity index (χ1) is 9.06. The van der Waals surface area contributed by atoms with Gasteiger partial charge < -0.3 is 15.8 Å². The standard InChI is InChI=1S/C12H19N3O2S2/c1-3-17-11(16)8-9(13)15-19-10(8)14-7-12(2)5-4-6-18-12/h14H,3-7H2,1-2H3,(H2,13,15). The number of aromatic nitrogens is 1. The zero-order valence-corrected chi connectivity index (χ0v) is 12.8. The molecular formula is C12H19N3O2S2. The van der Waals surface area contributed by atoms with Crippen molar-refractivity contribution in [2.75, 3.05) is 30.0 Å². The van der Waals surface area contributed by atoms with Crippen LogP contribution >= 0.6 is 23.3 Å². The third-order valence-corrected chi connectivity index (χ3v) is 5.48. The summed E-state index contributed by atoms with van der Waals surface area (Å²) in [5, 5.41) is 4.02. The number of esters is 1. The number of carbonyl (C=O) groups excluding carboxylic acids is 1. The van der Waals surface area contributed by atoms with E-state index in [0.29, 0.717) is 17.2 Å². The number of anilines is 2. The van der Waals surface area contributed by atoms with Crippen LogP contribution in [0.3, 0.4) is 0 Å². The SMILES string of the molecule is CCOC(=O)c1c(N)nsc1NCC1(C)CCCS1. The van der Waals surface area contributed by atoms with Gasteiger partial charge in [0.05, 0.1) is 6.61 Å². The second kappa shape index (κ2) is 6.00. The van der Waals surface area contributed by atoms with Crippen LogP contribution < -0.4 is 11.1 Å². The molecule has 0 saturated carbocycles. The highest BCUT2D eigenvalue weighted by atomic mass is 32.2. The lowest BCUT2D eigenvalue weighted by molar-refractivity contribution is 0.0529. The molecule has 5 nitrogen and oxygen atoms in total. The van der Waals surface area contributed by atoms with Gasteiger partial charge in [0.2, 0.25) is 0 Å². The molecule has 1 atom stereocenters. The van der Waals surface area contributed by atoms with Gasteiger partial charge in [-0.05, 0) is 44.0 Å². The van der Waals surface area contributed by atoms with E-state index in [1.165, 1.54) is 30.1 Å². The average Bonchev–Trinajstić information content (AvgIpc) is 2.94. The van der Waals surface area contributed by atoms with E-state index < -0.39 is 5.97 Å². The third-order valence-electron chi connectivity index (χ3n) is 3.12.